The highest BCUT2D eigenvalue weighted by atomic mass is 32.1. The summed E-state index contributed by atoms with van der Waals surface area (Å²) in [4.78, 5) is 6.05. The van der Waals surface area contributed by atoms with E-state index in [1.807, 2.05) is 0 Å². The topological polar surface area (TPSA) is 48.1 Å². The number of aromatic nitrogens is 1. The van der Waals surface area contributed by atoms with Gasteiger partial charge in [0.1, 0.15) is 5.01 Å². The number of ether oxygens (including phenoxy) is 1. The first-order chi connectivity index (χ1) is 8.84. The fourth-order valence-corrected chi connectivity index (χ4v) is 4.17. The minimum atomic E-state index is 0.0401. The molecule has 0 aromatic carbocycles. The van der Waals surface area contributed by atoms with Gasteiger partial charge < -0.3 is 10.5 Å². The highest BCUT2D eigenvalue weighted by molar-refractivity contribution is 7.14. The lowest BCUT2D eigenvalue weighted by atomic mass is 9.81. The zero-order chi connectivity index (χ0) is 12.4. The maximum atomic E-state index is 6.01. The largest absolute Gasteiger partial charge is 0.381 e. The Bertz CT molecular complexity index is 501. The predicted octanol–water partition coefficient (Wildman–Crippen LogP) is 2.88. The molecule has 0 amide bonds. The average molecular weight is 280 g/mol. The van der Waals surface area contributed by atoms with Gasteiger partial charge in [0.2, 0.25) is 0 Å². The fourth-order valence-electron chi connectivity index (χ4n) is 2.32. The normalized spacial score (nSPS) is 18.9. The molecule has 18 heavy (non-hydrogen) atoms. The molecule has 5 heteroatoms. The van der Waals surface area contributed by atoms with Gasteiger partial charge in [-0.1, -0.05) is 6.07 Å². The van der Waals surface area contributed by atoms with E-state index >= 15 is 0 Å². The maximum Gasteiger partial charge on any atom is 0.101 e. The molecule has 96 valence electrons. The molecule has 0 aliphatic carbocycles. The fraction of sp³-hybridized carbons (Fsp3) is 0.462. The van der Waals surface area contributed by atoms with E-state index in [0.717, 1.165) is 31.7 Å². The van der Waals surface area contributed by atoms with Crippen molar-refractivity contribution < 1.29 is 4.74 Å². The van der Waals surface area contributed by atoms with Gasteiger partial charge >= 0.3 is 0 Å². The van der Waals surface area contributed by atoms with Gasteiger partial charge in [0, 0.05) is 30.6 Å². The van der Waals surface area contributed by atoms with Gasteiger partial charge in [-0.3, -0.25) is 0 Å². The molecular formula is C13H16N2OS2. The molecule has 3 heterocycles. The third kappa shape index (κ3) is 2.12. The summed E-state index contributed by atoms with van der Waals surface area (Å²) in [6.07, 6.45) is 1.97. The second-order valence-electron chi connectivity index (χ2n) is 4.61. The molecule has 0 atom stereocenters. The van der Waals surface area contributed by atoms with Crippen molar-refractivity contribution in [2.24, 2.45) is 5.73 Å². The molecule has 1 aliphatic heterocycles. The number of thiazole rings is 1. The van der Waals surface area contributed by atoms with Crippen molar-refractivity contribution in [3.8, 4) is 10.6 Å². The summed E-state index contributed by atoms with van der Waals surface area (Å²) in [5.41, 5.74) is 7.14. The van der Waals surface area contributed by atoms with Crippen molar-refractivity contribution >= 4 is 22.7 Å². The van der Waals surface area contributed by atoms with Crippen LogP contribution in [0.4, 0.5) is 0 Å². The van der Waals surface area contributed by atoms with Crippen molar-refractivity contribution in [1.29, 1.82) is 0 Å². The van der Waals surface area contributed by atoms with Gasteiger partial charge in [0.15, 0.2) is 0 Å². The number of nitrogens with two attached hydrogens (primary N) is 1. The summed E-state index contributed by atoms with van der Waals surface area (Å²) < 4.78 is 5.45. The molecule has 2 aromatic heterocycles. The molecular weight excluding hydrogens is 264 g/mol. The molecule has 0 saturated carbocycles. The van der Waals surface area contributed by atoms with Crippen LogP contribution in [-0.2, 0) is 10.2 Å². The van der Waals surface area contributed by atoms with Gasteiger partial charge in [0.25, 0.3) is 0 Å². The van der Waals surface area contributed by atoms with Crippen molar-refractivity contribution in [2.75, 3.05) is 19.8 Å². The summed E-state index contributed by atoms with van der Waals surface area (Å²) in [7, 11) is 0. The number of thiophene rings is 1. The highest BCUT2D eigenvalue weighted by Gasteiger charge is 2.36. The van der Waals surface area contributed by atoms with Crippen LogP contribution in [0.2, 0.25) is 0 Å². The Kier molecular flexibility index (Phi) is 3.48. The van der Waals surface area contributed by atoms with Crippen LogP contribution in [0.1, 0.15) is 17.8 Å². The van der Waals surface area contributed by atoms with Crippen LogP contribution < -0.4 is 5.73 Å². The van der Waals surface area contributed by atoms with Crippen LogP contribution in [0.3, 0.4) is 0 Å². The number of nitrogens with zero attached hydrogens (tertiary/aromatic N) is 1. The highest BCUT2D eigenvalue weighted by Crippen LogP contribution is 2.38. The lowest BCUT2D eigenvalue weighted by molar-refractivity contribution is 0.0529. The molecule has 0 spiro atoms. The number of hydrogen-bond acceptors (Lipinski definition) is 5. The molecule has 1 fully saturated rings. The molecule has 1 aliphatic rings. The van der Waals surface area contributed by atoms with Gasteiger partial charge in [-0.05, 0) is 24.3 Å². The summed E-state index contributed by atoms with van der Waals surface area (Å²) >= 11 is 3.47. The van der Waals surface area contributed by atoms with Gasteiger partial charge in [-0.2, -0.15) is 0 Å². The number of rotatable bonds is 3. The van der Waals surface area contributed by atoms with E-state index in [9.17, 15) is 0 Å². The first kappa shape index (κ1) is 12.3. The minimum Gasteiger partial charge on any atom is -0.381 e. The van der Waals surface area contributed by atoms with E-state index in [4.69, 9.17) is 15.5 Å². The van der Waals surface area contributed by atoms with Crippen LogP contribution in [-0.4, -0.2) is 24.7 Å². The monoisotopic (exact) mass is 280 g/mol. The van der Waals surface area contributed by atoms with Gasteiger partial charge in [-0.15, -0.1) is 22.7 Å². The van der Waals surface area contributed by atoms with Crippen molar-refractivity contribution in [3.63, 3.8) is 0 Å². The quantitative estimate of drug-likeness (QED) is 0.940. The molecule has 0 bridgehead atoms. The van der Waals surface area contributed by atoms with E-state index in [-0.39, 0.29) is 5.41 Å². The summed E-state index contributed by atoms with van der Waals surface area (Å²) in [5, 5.41) is 5.41. The second-order valence-corrected chi connectivity index (χ2v) is 6.42. The molecule has 2 N–H and O–H groups in total. The minimum absolute atomic E-state index is 0.0401. The lowest BCUT2D eigenvalue weighted by Crippen LogP contribution is -2.40. The zero-order valence-corrected chi connectivity index (χ0v) is 11.7. The van der Waals surface area contributed by atoms with Crippen LogP contribution >= 0.6 is 22.7 Å². The molecule has 3 rings (SSSR count). The first-order valence-corrected chi connectivity index (χ1v) is 7.88. The van der Waals surface area contributed by atoms with Crippen LogP contribution in [0, 0.1) is 0 Å². The smallest absolute Gasteiger partial charge is 0.101 e. The molecule has 1 saturated heterocycles. The van der Waals surface area contributed by atoms with E-state index in [2.05, 4.69) is 22.9 Å². The zero-order valence-electron chi connectivity index (χ0n) is 10.1. The second kappa shape index (κ2) is 5.09. The van der Waals surface area contributed by atoms with Crippen LogP contribution in [0.25, 0.3) is 10.6 Å². The Labute approximate surface area is 115 Å². The SMILES string of the molecule is NCC1(c2nc(-c3cccs3)cs2)CCOCC1. The van der Waals surface area contributed by atoms with E-state index in [0.29, 0.717) is 6.54 Å². The van der Waals surface area contributed by atoms with E-state index in [1.165, 1.54) is 9.88 Å². The third-order valence-electron chi connectivity index (χ3n) is 3.57. The number of hydrogen-bond donors (Lipinski definition) is 1. The Balaban J connectivity index is 1.92. The Hall–Kier alpha value is -0.750. The molecule has 3 nitrogen and oxygen atoms in total. The molecule has 2 aromatic rings. The van der Waals surface area contributed by atoms with Gasteiger partial charge in [-0.25, -0.2) is 4.98 Å². The Morgan fingerprint density at radius 3 is 2.83 bits per heavy atom. The first-order valence-electron chi connectivity index (χ1n) is 6.12. The predicted molar refractivity (Wildman–Crippen MR) is 76.2 cm³/mol. The Morgan fingerprint density at radius 2 is 2.17 bits per heavy atom. The molecule has 0 unspecified atom stereocenters. The van der Waals surface area contributed by atoms with Crippen molar-refractivity contribution in [1.82, 2.24) is 4.98 Å². The maximum absolute atomic E-state index is 6.01. The average Bonchev–Trinajstić information content (AvgIpc) is 3.10. The van der Waals surface area contributed by atoms with Crippen molar-refractivity contribution in [2.45, 2.75) is 18.3 Å². The third-order valence-corrected chi connectivity index (χ3v) is 5.55. The molecule has 0 radical (unpaired) electrons. The standard InChI is InChI=1S/C13H16N2OS2/c14-9-13(3-5-16-6-4-13)12-15-10(8-18-12)11-2-1-7-17-11/h1-2,7-8H,3-6,9,14H2. The summed E-state index contributed by atoms with van der Waals surface area (Å²) in [6, 6.07) is 4.18. The van der Waals surface area contributed by atoms with Crippen LogP contribution in [0.5, 0.6) is 0 Å². The lowest BCUT2D eigenvalue weighted by Gasteiger charge is -2.34. The summed E-state index contributed by atoms with van der Waals surface area (Å²) in [5.74, 6) is 0. The van der Waals surface area contributed by atoms with E-state index < -0.39 is 0 Å². The summed E-state index contributed by atoms with van der Waals surface area (Å²) in [6.45, 7) is 2.25. The van der Waals surface area contributed by atoms with E-state index in [1.54, 1.807) is 22.7 Å². The van der Waals surface area contributed by atoms with Gasteiger partial charge in [0.05, 0.1) is 10.6 Å². The van der Waals surface area contributed by atoms with Crippen molar-refractivity contribution in [3.05, 3.63) is 27.9 Å². The van der Waals surface area contributed by atoms with Crippen LogP contribution in [0.15, 0.2) is 22.9 Å². The Morgan fingerprint density at radius 1 is 1.33 bits per heavy atom.